The summed E-state index contributed by atoms with van der Waals surface area (Å²) in [6.07, 6.45) is 0. The zero-order valence-corrected chi connectivity index (χ0v) is 6.20. The topological polar surface area (TPSA) is 48.8 Å². The molecule has 1 aromatic carbocycles. The Morgan fingerprint density at radius 3 is 2.55 bits per heavy atom. The van der Waals surface area contributed by atoms with E-state index in [9.17, 15) is 5.21 Å². The predicted octanol–water partition coefficient (Wildman–Crippen LogP) is -0.233. The maximum absolute atomic E-state index is 11.0. The summed E-state index contributed by atoms with van der Waals surface area (Å²) in [7, 11) is 1.54. The maximum atomic E-state index is 11.0. The van der Waals surface area contributed by atoms with Crippen molar-refractivity contribution in [3.05, 3.63) is 35.5 Å². The highest BCUT2D eigenvalue weighted by Gasteiger charge is 1.99. The molecule has 11 heavy (non-hydrogen) atoms. The smallest absolute Gasteiger partial charge is 0.165 e. The van der Waals surface area contributed by atoms with E-state index in [0.717, 1.165) is 0 Å². The van der Waals surface area contributed by atoms with Gasteiger partial charge in [0.05, 0.1) is 0 Å². The molecule has 4 nitrogen and oxygen atoms in total. The van der Waals surface area contributed by atoms with E-state index in [-0.39, 0.29) is 5.23 Å². The molecule has 0 aromatic heterocycles. The van der Waals surface area contributed by atoms with Crippen molar-refractivity contribution in [1.29, 1.82) is 0 Å². The molecule has 0 aliphatic carbocycles. The molecule has 0 aliphatic heterocycles. The lowest BCUT2D eigenvalue weighted by molar-refractivity contribution is -1.01. The summed E-state index contributed by atoms with van der Waals surface area (Å²) in [6, 6.07) is 8.80. The van der Waals surface area contributed by atoms with Gasteiger partial charge >= 0.3 is 0 Å². The molecule has 0 saturated carbocycles. The second-order valence-corrected chi connectivity index (χ2v) is 1.96. The molecule has 0 saturated heterocycles. The molecule has 0 aliphatic rings. The SMILES string of the molecule is CNO[NH+]([O-])c1ccccc1. The highest BCUT2D eigenvalue weighted by molar-refractivity contribution is 5.27. The first kappa shape index (κ1) is 8.16. The normalized spacial score (nSPS) is 12.9. The Labute approximate surface area is 64.9 Å². The Morgan fingerprint density at radius 1 is 1.36 bits per heavy atom. The number of hydrogen-bond donors (Lipinski definition) is 2. The first-order valence-electron chi connectivity index (χ1n) is 3.27. The highest BCUT2D eigenvalue weighted by Crippen LogP contribution is 1.96. The van der Waals surface area contributed by atoms with E-state index in [2.05, 4.69) is 10.4 Å². The number of rotatable bonds is 3. The van der Waals surface area contributed by atoms with E-state index in [0.29, 0.717) is 5.69 Å². The first-order chi connectivity index (χ1) is 5.34. The molecule has 60 valence electrons. The summed E-state index contributed by atoms with van der Waals surface area (Å²) in [5, 5.41) is 10.6. The van der Waals surface area contributed by atoms with E-state index < -0.39 is 0 Å². The first-order valence-corrected chi connectivity index (χ1v) is 3.27. The molecule has 0 bridgehead atoms. The van der Waals surface area contributed by atoms with Crippen molar-refractivity contribution in [3.63, 3.8) is 0 Å². The minimum atomic E-state index is -0.367. The quantitative estimate of drug-likeness (QED) is 0.591. The average molecular weight is 154 g/mol. The van der Waals surface area contributed by atoms with Gasteiger partial charge in [0.15, 0.2) is 5.69 Å². The van der Waals surface area contributed by atoms with Gasteiger partial charge in [0.25, 0.3) is 0 Å². The molecule has 1 rings (SSSR count). The van der Waals surface area contributed by atoms with Crippen LogP contribution in [-0.4, -0.2) is 7.05 Å². The number of hydroxylamine groups is 1. The molecule has 0 fully saturated rings. The van der Waals surface area contributed by atoms with Crippen LogP contribution >= 0.6 is 0 Å². The van der Waals surface area contributed by atoms with E-state index in [4.69, 9.17) is 0 Å². The monoisotopic (exact) mass is 154 g/mol. The van der Waals surface area contributed by atoms with Crippen LogP contribution in [0.5, 0.6) is 0 Å². The van der Waals surface area contributed by atoms with Crippen LogP contribution in [0.3, 0.4) is 0 Å². The van der Waals surface area contributed by atoms with Crippen molar-refractivity contribution in [2.45, 2.75) is 0 Å². The standard InChI is InChI=1S/C7H10N2O2/c1-8-11-9(10)7-5-3-2-4-6-7/h2-6,8-9H,1H3. The van der Waals surface area contributed by atoms with Gasteiger partial charge in [0.1, 0.15) is 0 Å². The van der Waals surface area contributed by atoms with Gasteiger partial charge in [-0.25, -0.2) is 0 Å². The zero-order chi connectivity index (χ0) is 8.10. The largest absolute Gasteiger partial charge is 0.593 e. The molecule has 4 heteroatoms. The van der Waals surface area contributed by atoms with Gasteiger partial charge in [-0.2, -0.15) is 5.23 Å². The number of hydrogen-bond acceptors (Lipinski definition) is 3. The van der Waals surface area contributed by atoms with Crippen molar-refractivity contribution < 1.29 is 10.2 Å². The van der Waals surface area contributed by atoms with Crippen LogP contribution in [0.25, 0.3) is 0 Å². The van der Waals surface area contributed by atoms with Gasteiger partial charge in [-0.1, -0.05) is 18.2 Å². The molecule has 1 unspecified atom stereocenters. The van der Waals surface area contributed by atoms with Gasteiger partial charge in [-0.15, -0.1) is 10.4 Å². The molecule has 0 radical (unpaired) electrons. The molecular weight excluding hydrogens is 144 g/mol. The van der Waals surface area contributed by atoms with Crippen molar-refractivity contribution in [1.82, 2.24) is 5.48 Å². The predicted molar refractivity (Wildman–Crippen MR) is 40.6 cm³/mol. The summed E-state index contributed by atoms with van der Waals surface area (Å²) in [5.41, 5.74) is 2.86. The fraction of sp³-hybridized carbons (Fsp3) is 0.143. The van der Waals surface area contributed by atoms with E-state index in [1.165, 1.54) is 0 Å². The van der Waals surface area contributed by atoms with Crippen LogP contribution in [-0.2, 0) is 4.94 Å². The zero-order valence-electron chi connectivity index (χ0n) is 6.20. The van der Waals surface area contributed by atoms with Crippen LogP contribution in [0.1, 0.15) is 0 Å². The summed E-state index contributed by atoms with van der Waals surface area (Å²) < 4.78 is 0. The van der Waals surface area contributed by atoms with E-state index >= 15 is 0 Å². The summed E-state index contributed by atoms with van der Waals surface area (Å²) >= 11 is 0. The van der Waals surface area contributed by atoms with Gasteiger partial charge in [-0.3, -0.25) is 0 Å². The molecule has 2 N–H and O–H groups in total. The fourth-order valence-electron chi connectivity index (χ4n) is 0.726. The maximum Gasteiger partial charge on any atom is 0.165 e. The second-order valence-electron chi connectivity index (χ2n) is 1.96. The molecular formula is C7H10N2O2. The Bertz CT molecular complexity index is 203. The summed E-state index contributed by atoms with van der Waals surface area (Å²) in [6.45, 7) is 0. The Balaban J connectivity index is 2.61. The fourth-order valence-corrected chi connectivity index (χ4v) is 0.726. The highest BCUT2D eigenvalue weighted by atomic mass is 17.0. The van der Waals surface area contributed by atoms with Crippen LogP contribution in [0.2, 0.25) is 0 Å². The number of nitrogens with one attached hydrogen (secondary N) is 2. The molecule has 1 aromatic rings. The minimum Gasteiger partial charge on any atom is -0.593 e. The third-order valence-electron chi connectivity index (χ3n) is 1.20. The minimum absolute atomic E-state index is 0.367. The lowest BCUT2D eigenvalue weighted by atomic mass is 10.3. The Kier molecular flexibility index (Phi) is 3.00. The molecule has 0 amide bonds. The van der Waals surface area contributed by atoms with Crippen LogP contribution < -0.4 is 10.7 Å². The van der Waals surface area contributed by atoms with Crippen molar-refractivity contribution in [3.8, 4) is 0 Å². The molecule has 1 atom stereocenters. The van der Waals surface area contributed by atoms with Crippen LogP contribution in [0.4, 0.5) is 5.69 Å². The molecule has 0 heterocycles. The van der Waals surface area contributed by atoms with Crippen molar-refractivity contribution in [2.24, 2.45) is 0 Å². The Morgan fingerprint density at radius 2 is 2.00 bits per heavy atom. The number of benzene rings is 1. The van der Waals surface area contributed by atoms with Crippen LogP contribution in [0, 0.1) is 5.21 Å². The van der Waals surface area contributed by atoms with Gasteiger partial charge in [0.2, 0.25) is 0 Å². The average Bonchev–Trinajstić information content (AvgIpc) is 2.07. The van der Waals surface area contributed by atoms with Gasteiger partial charge < -0.3 is 5.21 Å². The van der Waals surface area contributed by atoms with E-state index in [1.807, 2.05) is 6.07 Å². The van der Waals surface area contributed by atoms with Gasteiger partial charge in [0, 0.05) is 19.2 Å². The summed E-state index contributed by atoms with van der Waals surface area (Å²) in [4.78, 5) is 4.54. The second kappa shape index (κ2) is 4.05. The summed E-state index contributed by atoms with van der Waals surface area (Å²) in [5.74, 6) is 0. The Hall–Kier alpha value is -0.940. The van der Waals surface area contributed by atoms with Crippen molar-refractivity contribution >= 4 is 5.69 Å². The third kappa shape index (κ3) is 2.28. The third-order valence-corrected chi connectivity index (χ3v) is 1.20. The lowest BCUT2D eigenvalue weighted by Crippen LogP contribution is -3.02. The number of quaternary nitrogens is 1. The van der Waals surface area contributed by atoms with Crippen LogP contribution in [0.15, 0.2) is 30.3 Å². The lowest BCUT2D eigenvalue weighted by Gasteiger charge is -2.16. The van der Waals surface area contributed by atoms with Gasteiger partial charge in [-0.05, 0) is 0 Å². The molecule has 0 spiro atoms. The van der Waals surface area contributed by atoms with Crippen molar-refractivity contribution in [2.75, 3.05) is 7.05 Å². The van der Waals surface area contributed by atoms with E-state index in [1.54, 1.807) is 31.3 Å².